The van der Waals surface area contributed by atoms with E-state index < -0.39 is 8.07 Å². The van der Waals surface area contributed by atoms with Gasteiger partial charge in [0.1, 0.15) is 11.5 Å². The smallest absolute Gasteiger partial charge is 0.336 e. The molecule has 5 heteroatoms. The number of hydrogen-bond acceptors (Lipinski definition) is 2. The van der Waals surface area contributed by atoms with Crippen molar-refractivity contribution in [2.24, 2.45) is 0 Å². The Morgan fingerprint density at radius 1 is 0.369 bits per heavy atom. The van der Waals surface area contributed by atoms with Gasteiger partial charge in [0.15, 0.2) is 8.07 Å². The van der Waals surface area contributed by atoms with Crippen LogP contribution in [0.2, 0.25) is 0 Å². The zero-order valence-corrected chi connectivity index (χ0v) is 36.6. The normalized spacial score (nSPS) is 12.7. The molecule has 2 aliphatic rings. The third-order valence-corrected chi connectivity index (χ3v) is 18.5. The summed E-state index contributed by atoms with van der Waals surface area (Å²) >= 11 is 0. The summed E-state index contributed by atoms with van der Waals surface area (Å²) in [6.07, 6.45) is 0. The standard InChI is InChI=1S/C60H41BN2OSi/c1-5-21-44(22-6-1)63-57-35-18-15-32-52(57)53-40-45(62-55-33-16-13-30-50(55)51-31-14-17-34-56(51)62)41-59-60(53)61(63)54-37-36-43(39-58(54)64-59)42-20-19-29-49(38-42)65(46-23-7-2-8-24-46,47-25-9-3-10-26-47)48-27-11-4-12-28-48/h1-41H. The van der Waals surface area contributed by atoms with Crippen molar-refractivity contribution in [1.82, 2.24) is 4.57 Å². The highest BCUT2D eigenvalue weighted by Crippen LogP contribution is 2.46. The lowest BCUT2D eigenvalue weighted by molar-refractivity contribution is 0.487. The summed E-state index contributed by atoms with van der Waals surface area (Å²) in [7, 11) is -2.75. The quantitative estimate of drug-likeness (QED) is 0.117. The zero-order valence-electron chi connectivity index (χ0n) is 35.6. The Morgan fingerprint density at radius 2 is 0.908 bits per heavy atom. The molecule has 304 valence electrons. The molecule has 65 heavy (non-hydrogen) atoms. The van der Waals surface area contributed by atoms with Crippen molar-refractivity contribution in [1.29, 1.82) is 0 Å². The largest absolute Gasteiger partial charge is 0.458 e. The molecule has 11 aromatic rings. The van der Waals surface area contributed by atoms with Crippen molar-refractivity contribution in [3.63, 3.8) is 0 Å². The Morgan fingerprint density at radius 3 is 1.55 bits per heavy atom. The Labute approximate surface area is 380 Å². The van der Waals surface area contributed by atoms with E-state index in [0.29, 0.717) is 0 Å². The lowest BCUT2D eigenvalue weighted by atomic mass is 9.44. The first-order valence-corrected chi connectivity index (χ1v) is 24.5. The van der Waals surface area contributed by atoms with Crippen molar-refractivity contribution in [2.75, 3.05) is 4.81 Å². The average Bonchev–Trinajstić information content (AvgIpc) is 3.72. The first-order valence-electron chi connectivity index (χ1n) is 22.5. The third-order valence-electron chi connectivity index (χ3n) is 13.8. The zero-order chi connectivity index (χ0) is 42.9. The molecule has 0 amide bonds. The van der Waals surface area contributed by atoms with Crippen molar-refractivity contribution in [3.8, 4) is 39.4 Å². The summed E-state index contributed by atoms with van der Waals surface area (Å²) in [6.45, 7) is -0.122. The minimum atomic E-state index is -2.75. The maximum Gasteiger partial charge on any atom is 0.336 e. The summed E-state index contributed by atoms with van der Waals surface area (Å²) in [5.41, 5.74) is 12.7. The number of hydrogen-bond donors (Lipinski definition) is 0. The van der Waals surface area contributed by atoms with Crippen LogP contribution >= 0.6 is 0 Å². The van der Waals surface area contributed by atoms with Gasteiger partial charge in [0.25, 0.3) is 0 Å². The van der Waals surface area contributed by atoms with Gasteiger partial charge in [-0.05, 0) is 85.4 Å². The lowest BCUT2D eigenvalue weighted by Gasteiger charge is -2.42. The molecular weight excluding hydrogens is 804 g/mol. The third kappa shape index (κ3) is 5.76. The lowest BCUT2D eigenvalue weighted by Crippen LogP contribution is -2.74. The van der Waals surface area contributed by atoms with E-state index in [-0.39, 0.29) is 6.85 Å². The van der Waals surface area contributed by atoms with E-state index in [4.69, 9.17) is 4.74 Å². The molecule has 1 aromatic heterocycles. The van der Waals surface area contributed by atoms with E-state index in [1.807, 2.05) is 0 Å². The second kappa shape index (κ2) is 15.0. The second-order valence-electron chi connectivity index (χ2n) is 17.2. The van der Waals surface area contributed by atoms with Crippen LogP contribution in [-0.2, 0) is 0 Å². The van der Waals surface area contributed by atoms with Gasteiger partial charge in [-0.25, -0.2) is 0 Å². The van der Waals surface area contributed by atoms with Crippen molar-refractivity contribution < 1.29 is 4.74 Å². The number of ether oxygens (including phenoxy) is 1. The number of fused-ring (bicyclic) bond motifs is 7. The van der Waals surface area contributed by atoms with Gasteiger partial charge in [-0.3, -0.25) is 0 Å². The van der Waals surface area contributed by atoms with Crippen molar-refractivity contribution in [2.45, 2.75) is 0 Å². The van der Waals surface area contributed by atoms with Gasteiger partial charge in [-0.15, -0.1) is 0 Å². The average molecular weight is 845 g/mol. The van der Waals surface area contributed by atoms with E-state index in [0.717, 1.165) is 39.5 Å². The number of anilines is 2. The number of para-hydroxylation sites is 4. The van der Waals surface area contributed by atoms with E-state index in [2.05, 4.69) is 258 Å². The SMILES string of the molecule is c1ccc(N2B3c4ccc(-c5cccc([Si](c6ccccc6)(c6ccccc6)c6ccccc6)c5)cc4Oc4cc(-n5c6ccccc6c6ccccc65)cc(c43)-c3ccccc32)cc1. The molecule has 0 atom stereocenters. The van der Waals surface area contributed by atoms with Crippen LogP contribution in [0.1, 0.15) is 0 Å². The molecular formula is C60H41BN2OSi. The summed E-state index contributed by atoms with van der Waals surface area (Å²) in [4.78, 5) is 2.52. The second-order valence-corrected chi connectivity index (χ2v) is 21.0. The molecule has 0 N–H and O–H groups in total. The Bertz CT molecular complexity index is 3440. The topological polar surface area (TPSA) is 17.4 Å². The maximum absolute atomic E-state index is 7.32. The molecule has 10 aromatic carbocycles. The first kappa shape index (κ1) is 37.4. The van der Waals surface area contributed by atoms with E-state index >= 15 is 0 Å². The van der Waals surface area contributed by atoms with Gasteiger partial charge < -0.3 is 14.1 Å². The monoisotopic (exact) mass is 844 g/mol. The molecule has 2 aliphatic heterocycles. The van der Waals surface area contributed by atoms with Gasteiger partial charge in [0, 0.05) is 39.2 Å². The van der Waals surface area contributed by atoms with Crippen LogP contribution in [-0.4, -0.2) is 19.5 Å². The summed E-state index contributed by atoms with van der Waals surface area (Å²) in [6, 6.07) is 91.5. The number of rotatable bonds is 7. The molecule has 0 fully saturated rings. The fraction of sp³-hybridized carbons (Fsp3) is 0. The molecule has 3 nitrogen and oxygen atoms in total. The van der Waals surface area contributed by atoms with Gasteiger partial charge in [0.2, 0.25) is 0 Å². The minimum absolute atomic E-state index is 0.122. The van der Waals surface area contributed by atoms with E-state index in [9.17, 15) is 0 Å². The van der Waals surface area contributed by atoms with Crippen molar-refractivity contribution >= 4 is 79.8 Å². The van der Waals surface area contributed by atoms with Crippen LogP contribution in [0.15, 0.2) is 249 Å². The highest BCUT2D eigenvalue weighted by molar-refractivity contribution is 7.20. The van der Waals surface area contributed by atoms with E-state index in [1.54, 1.807) is 0 Å². The van der Waals surface area contributed by atoms with E-state index in [1.165, 1.54) is 64.8 Å². The van der Waals surface area contributed by atoms with Crippen LogP contribution in [0.5, 0.6) is 11.5 Å². The maximum atomic E-state index is 7.32. The minimum Gasteiger partial charge on any atom is -0.458 e. The number of aromatic nitrogens is 1. The molecule has 0 spiro atoms. The predicted molar refractivity (Wildman–Crippen MR) is 275 cm³/mol. The number of nitrogens with zero attached hydrogens (tertiary/aromatic N) is 2. The molecule has 0 aliphatic carbocycles. The van der Waals surface area contributed by atoms with Crippen LogP contribution < -0.4 is 41.2 Å². The molecule has 0 radical (unpaired) electrons. The van der Waals surface area contributed by atoms with Gasteiger partial charge in [-0.2, -0.15) is 0 Å². The predicted octanol–water partition coefficient (Wildman–Crippen LogP) is 10.9. The molecule has 0 bridgehead atoms. The van der Waals surface area contributed by atoms with Gasteiger partial charge >= 0.3 is 6.85 Å². The molecule has 13 rings (SSSR count). The van der Waals surface area contributed by atoms with Crippen LogP contribution in [0.4, 0.5) is 11.4 Å². The van der Waals surface area contributed by atoms with Gasteiger partial charge in [0.05, 0.1) is 16.7 Å². The highest BCUT2D eigenvalue weighted by atomic mass is 28.3. The fourth-order valence-electron chi connectivity index (χ4n) is 11.0. The van der Waals surface area contributed by atoms with Crippen LogP contribution in [0, 0.1) is 0 Å². The molecule has 0 saturated carbocycles. The van der Waals surface area contributed by atoms with Crippen LogP contribution in [0.3, 0.4) is 0 Å². The molecule has 0 saturated heterocycles. The van der Waals surface area contributed by atoms with Gasteiger partial charge in [-0.1, -0.05) is 200 Å². The number of benzene rings is 10. The summed E-state index contributed by atoms with van der Waals surface area (Å²) < 4.78 is 9.73. The van der Waals surface area contributed by atoms with Crippen molar-refractivity contribution in [3.05, 3.63) is 249 Å². The summed E-state index contributed by atoms with van der Waals surface area (Å²) in [5, 5.41) is 7.87. The van der Waals surface area contributed by atoms with Crippen LogP contribution in [0.25, 0.3) is 49.7 Å². The highest BCUT2D eigenvalue weighted by Gasteiger charge is 2.45. The first-order chi connectivity index (χ1) is 32.3. The molecule has 0 unspecified atom stereocenters. The Kier molecular flexibility index (Phi) is 8.65. The fourth-order valence-corrected chi connectivity index (χ4v) is 15.8. The Hall–Kier alpha value is -8.12. The molecule has 3 heterocycles. The Balaban J connectivity index is 1.02. The summed E-state index contributed by atoms with van der Waals surface area (Å²) in [5.74, 6) is 1.75.